The molecule has 2 rings (SSSR count). The lowest BCUT2D eigenvalue weighted by molar-refractivity contribution is -0.0696. The van der Waals surface area contributed by atoms with Gasteiger partial charge in [0.25, 0.3) is 0 Å². The first-order valence-corrected chi connectivity index (χ1v) is 8.09. The van der Waals surface area contributed by atoms with E-state index in [1.165, 1.54) is 12.1 Å². The van der Waals surface area contributed by atoms with E-state index in [0.29, 0.717) is 12.0 Å². The highest BCUT2D eigenvalue weighted by atomic mass is 19.4. The van der Waals surface area contributed by atoms with Gasteiger partial charge in [-0.25, -0.2) is 13.2 Å². The monoisotopic (exact) mass is 370 g/mol. The van der Waals surface area contributed by atoms with Gasteiger partial charge in [0.2, 0.25) is 0 Å². The molecule has 0 saturated heterocycles. The summed E-state index contributed by atoms with van der Waals surface area (Å²) in [5.74, 6) is -0.148. The van der Waals surface area contributed by atoms with Crippen LogP contribution in [0, 0.1) is 29.3 Å². The van der Waals surface area contributed by atoms with Crippen LogP contribution in [0.2, 0.25) is 0 Å². The molecular weight excluding hydrogens is 354 g/mol. The zero-order valence-electron chi connectivity index (χ0n) is 14.0. The third-order valence-electron chi connectivity index (χ3n) is 3.77. The quantitative estimate of drug-likeness (QED) is 0.324. The van der Waals surface area contributed by atoms with Crippen LogP contribution in [0.5, 0.6) is 0 Å². The number of rotatable bonds is 5. The molecule has 6 heteroatoms. The molecule has 0 atom stereocenters. The van der Waals surface area contributed by atoms with Crippen LogP contribution in [-0.2, 0) is 6.42 Å². The van der Waals surface area contributed by atoms with Crippen LogP contribution in [0.4, 0.5) is 26.3 Å². The fraction of sp³-hybridized carbons (Fsp3) is 0.300. The van der Waals surface area contributed by atoms with Gasteiger partial charge < -0.3 is 0 Å². The van der Waals surface area contributed by atoms with Crippen LogP contribution >= 0.6 is 0 Å². The summed E-state index contributed by atoms with van der Waals surface area (Å²) < 4.78 is 78.8. The van der Waals surface area contributed by atoms with E-state index in [-0.39, 0.29) is 5.56 Å². The normalized spacial score (nSPS) is 11.2. The summed E-state index contributed by atoms with van der Waals surface area (Å²) in [6, 6.07) is 5.28. The summed E-state index contributed by atoms with van der Waals surface area (Å²) >= 11 is 0. The van der Waals surface area contributed by atoms with Crippen molar-refractivity contribution in [3.05, 3.63) is 58.9 Å². The Morgan fingerprint density at radius 1 is 0.885 bits per heavy atom. The Morgan fingerprint density at radius 2 is 1.54 bits per heavy atom. The van der Waals surface area contributed by atoms with Gasteiger partial charge in [-0.3, -0.25) is 0 Å². The van der Waals surface area contributed by atoms with Gasteiger partial charge in [-0.05, 0) is 48.2 Å². The second-order valence-electron chi connectivity index (χ2n) is 5.83. The smallest absolute Gasteiger partial charge is 0.206 e. The van der Waals surface area contributed by atoms with Crippen LogP contribution in [0.3, 0.4) is 0 Å². The number of unbranched alkanes of at least 4 members (excludes halogenated alkanes) is 2. The van der Waals surface area contributed by atoms with Crippen LogP contribution < -0.4 is 0 Å². The van der Waals surface area contributed by atoms with Crippen molar-refractivity contribution < 1.29 is 26.3 Å². The Hall–Kier alpha value is -2.42. The lowest BCUT2D eigenvalue weighted by atomic mass is 9.98. The molecule has 2 aromatic carbocycles. The van der Waals surface area contributed by atoms with Crippen molar-refractivity contribution in [2.24, 2.45) is 0 Å². The Kier molecular flexibility index (Phi) is 6.36. The predicted molar refractivity (Wildman–Crippen MR) is 87.9 cm³/mol. The Morgan fingerprint density at radius 3 is 2.08 bits per heavy atom. The summed E-state index contributed by atoms with van der Waals surface area (Å²) in [4.78, 5) is 0. The maximum absolute atomic E-state index is 14.3. The number of aryl methyl sites for hydroxylation is 1. The fourth-order valence-electron chi connectivity index (χ4n) is 2.54. The first-order valence-electron chi connectivity index (χ1n) is 8.09. The highest BCUT2D eigenvalue weighted by Crippen LogP contribution is 2.29. The van der Waals surface area contributed by atoms with Gasteiger partial charge in [-0.2, -0.15) is 13.2 Å². The Bertz CT molecular complexity index is 817. The molecule has 0 aliphatic heterocycles. The van der Waals surface area contributed by atoms with Crippen molar-refractivity contribution in [1.82, 2.24) is 0 Å². The summed E-state index contributed by atoms with van der Waals surface area (Å²) in [7, 11) is 0. The molecule has 0 spiro atoms. The minimum atomic E-state index is -4.75. The summed E-state index contributed by atoms with van der Waals surface area (Å²) in [5.41, 5.74) is -0.512. The van der Waals surface area contributed by atoms with Gasteiger partial charge >= 0.3 is 6.18 Å². The maximum Gasteiger partial charge on any atom is 0.458 e. The standard InChI is InChI=1S/C20H16F6/c1-2-3-4-5-13-10-17(22)19(18(23)11-13)15-7-6-14(16(21)12-15)8-9-20(24,25)26/h6-7,10-12H,2-5H2,1H3. The zero-order valence-corrected chi connectivity index (χ0v) is 14.0. The van der Waals surface area contributed by atoms with Crippen LogP contribution in [0.25, 0.3) is 11.1 Å². The third-order valence-corrected chi connectivity index (χ3v) is 3.77. The SMILES string of the molecule is CCCCCc1cc(F)c(-c2ccc(C#CC(F)(F)F)c(F)c2)c(F)c1. The lowest BCUT2D eigenvalue weighted by Gasteiger charge is -2.09. The third kappa shape index (κ3) is 5.29. The second kappa shape index (κ2) is 8.31. The van der Waals surface area contributed by atoms with E-state index < -0.39 is 34.8 Å². The van der Waals surface area contributed by atoms with Gasteiger partial charge in [0.1, 0.15) is 17.5 Å². The molecule has 0 bridgehead atoms. The van der Waals surface area contributed by atoms with E-state index in [1.54, 1.807) is 5.92 Å². The molecule has 0 heterocycles. The molecule has 0 aliphatic rings. The molecule has 0 saturated carbocycles. The molecule has 0 aliphatic carbocycles. The number of alkyl halides is 3. The van der Waals surface area contributed by atoms with Crippen LogP contribution in [0.15, 0.2) is 30.3 Å². The van der Waals surface area contributed by atoms with E-state index in [1.807, 2.05) is 6.92 Å². The van der Waals surface area contributed by atoms with Gasteiger partial charge in [-0.15, -0.1) is 0 Å². The molecule has 0 unspecified atom stereocenters. The number of hydrogen-bond acceptors (Lipinski definition) is 0. The predicted octanol–water partition coefficient (Wildman–Crippen LogP) is 6.42. The minimum Gasteiger partial charge on any atom is -0.206 e. The van der Waals surface area contributed by atoms with Gasteiger partial charge in [0, 0.05) is 5.92 Å². The first-order chi connectivity index (χ1) is 12.2. The Balaban J connectivity index is 2.33. The van der Waals surface area contributed by atoms with Gasteiger partial charge in [-0.1, -0.05) is 31.8 Å². The van der Waals surface area contributed by atoms with Crippen LogP contribution in [0.1, 0.15) is 37.3 Å². The highest BCUT2D eigenvalue weighted by molar-refractivity contribution is 5.66. The van der Waals surface area contributed by atoms with Gasteiger partial charge in [0.15, 0.2) is 0 Å². The van der Waals surface area contributed by atoms with Crippen molar-refractivity contribution in [2.45, 2.75) is 38.8 Å². The lowest BCUT2D eigenvalue weighted by Crippen LogP contribution is -2.02. The van der Waals surface area contributed by atoms with E-state index in [9.17, 15) is 26.3 Å². The minimum absolute atomic E-state index is 0.102. The average Bonchev–Trinajstić information content (AvgIpc) is 2.53. The zero-order chi connectivity index (χ0) is 19.3. The molecular formula is C20H16F6. The molecule has 0 amide bonds. The largest absolute Gasteiger partial charge is 0.458 e. The number of hydrogen-bond donors (Lipinski definition) is 0. The van der Waals surface area contributed by atoms with Crippen LogP contribution in [-0.4, -0.2) is 6.18 Å². The van der Waals surface area contributed by atoms with E-state index in [0.717, 1.165) is 43.4 Å². The van der Waals surface area contributed by atoms with Crippen molar-refractivity contribution in [3.8, 4) is 23.0 Å². The molecule has 0 nitrogen and oxygen atoms in total. The topological polar surface area (TPSA) is 0 Å². The molecule has 138 valence electrons. The fourth-order valence-corrected chi connectivity index (χ4v) is 2.54. The van der Waals surface area contributed by atoms with E-state index in [2.05, 4.69) is 0 Å². The molecule has 0 aromatic heterocycles. The highest BCUT2D eigenvalue weighted by Gasteiger charge is 2.23. The first kappa shape index (κ1) is 19.9. The van der Waals surface area contributed by atoms with Crippen molar-refractivity contribution in [2.75, 3.05) is 0 Å². The van der Waals surface area contributed by atoms with E-state index >= 15 is 0 Å². The van der Waals surface area contributed by atoms with Crippen molar-refractivity contribution in [3.63, 3.8) is 0 Å². The number of halogens is 6. The second-order valence-corrected chi connectivity index (χ2v) is 5.83. The number of benzene rings is 2. The molecule has 0 N–H and O–H groups in total. The summed E-state index contributed by atoms with van der Waals surface area (Å²) in [5, 5.41) is 0. The maximum atomic E-state index is 14.3. The molecule has 26 heavy (non-hydrogen) atoms. The molecule has 2 aromatic rings. The van der Waals surface area contributed by atoms with Crippen molar-refractivity contribution in [1.29, 1.82) is 0 Å². The Labute approximate surface area is 147 Å². The summed E-state index contributed by atoms with van der Waals surface area (Å²) in [6.07, 6.45) is -1.50. The van der Waals surface area contributed by atoms with E-state index in [4.69, 9.17) is 0 Å². The average molecular weight is 370 g/mol. The summed E-state index contributed by atoms with van der Waals surface area (Å²) in [6.45, 7) is 2.02. The van der Waals surface area contributed by atoms with Gasteiger partial charge in [0.05, 0.1) is 11.1 Å². The van der Waals surface area contributed by atoms with Crippen molar-refractivity contribution >= 4 is 0 Å². The molecule has 0 radical (unpaired) electrons. The molecule has 0 fully saturated rings.